The van der Waals surface area contributed by atoms with Crippen LogP contribution in [0.25, 0.3) is 10.4 Å². The number of rotatable bonds is 6. The van der Waals surface area contributed by atoms with Crippen LogP contribution in [0.2, 0.25) is 0 Å². The summed E-state index contributed by atoms with van der Waals surface area (Å²) < 4.78 is 10.3. The summed E-state index contributed by atoms with van der Waals surface area (Å²) in [5.41, 5.74) is 2.12. The van der Waals surface area contributed by atoms with E-state index in [0.717, 1.165) is 15.3 Å². The van der Waals surface area contributed by atoms with Gasteiger partial charge in [-0.25, -0.2) is 9.59 Å². The van der Waals surface area contributed by atoms with Gasteiger partial charge in [0.1, 0.15) is 6.61 Å². The van der Waals surface area contributed by atoms with Crippen molar-refractivity contribution in [3.63, 3.8) is 0 Å². The Morgan fingerprint density at radius 1 is 1.19 bits per heavy atom. The molecule has 0 bridgehead atoms. The zero-order valence-electron chi connectivity index (χ0n) is 15.5. The predicted octanol–water partition coefficient (Wildman–Crippen LogP) is 3.57. The molecule has 1 N–H and O–H groups in total. The van der Waals surface area contributed by atoms with Crippen LogP contribution in [-0.2, 0) is 14.3 Å². The number of allylic oxidation sites excluding steroid dienone is 1. The van der Waals surface area contributed by atoms with Gasteiger partial charge in [0.25, 0.3) is 0 Å². The maximum absolute atomic E-state index is 12.7. The Bertz CT molecular complexity index is 860. The van der Waals surface area contributed by atoms with Gasteiger partial charge in [-0.3, -0.25) is 0 Å². The van der Waals surface area contributed by atoms with Crippen molar-refractivity contribution in [2.75, 3.05) is 27.4 Å². The van der Waals surface area contributed by atoms with E-state index in [1.54, 1.807) is 32.4 Å². The molecule has 0 saturated heterocycles. The van der Waals surface area contributed by atoms with Crippen LogP contribution in [-0.4, -0.2) is 44.3 Å². The van der Waals surface area contributed by atoms with Crippen LogP contribution in [0.1, 0.15) is 17.8 Å². The lowest BCUT2D eigenvalue weighted by Gasteiger charge is -2.32. The lowest BCUT2D eigenvalue weighted by atomic mass is 10.0. The third-order valence-electron chi connectivity index (χ3n) is 4.46. The molecule has 2 aromatic rings. The molecule has 0 saturated carbocycles. The molecule has 7 heteroatoms. The van der Waals surface area contributed by atoms with Crippen molar-refractivity contribution in [2.24, 2.45) is 0 Å². The lowest BCUT2D eigenvalue weighted by molar-refractivity contribution is -0.140. The minimum atomic E-state index is -0.536. The molecule has 3 rings (SSSR count). The number of carbonyl (C=O) groups is 2. The molecular formula is C20H22N2O4S. The number of thiophene rings is 1. The van der Waals surface area contributed by atoms with Crippen LogP contribution in [0.15, 0.2) is 53.7 Å². The first-order valence-corrected chi connectivity index (χ1v) is 9.40. The highest BCUT2D eigenvalue weighted by atomic mass is 32.1. The summed E-state index contributed by atoms with van der Waals surface area (Å²) in [6.07, 6.45) is 0. The fourth-order valence-electron chi connectivity index (χ4n) is 2.87. The first-order chi connectivity index (χ1) is 13.0. The Labute approximate surface area is 162 Å². The summed E-state index contributed by atoms with van der Waals surface area (Å²) in [5.74, 6) is -0.448. The monoisotopic (exact) mass is 386 g/mol. The van der Waals surface area contributed by atoms with E-state index in [0.29, 0.717) is 17.9 Å². The van der Waals surface area contributed by atoms with Crippen molar-refractivity contribution in [1.82, 2.24) is 10.2 Å². The number of benzene rings is 1. The lowest BCUT2D eigenvalue weighted by Crippen LogP contribution is -2.46. The number of amides is 2. The van der Waals surface area contributed by atoms with E-state index >= 15 is 0 Å². The van der Waals surface area contributed by atoms with Crippen LogP contribution in [0, 0.1) is 0 Å². The van der Waals surface area contributed by atoms with Crippen molar-refractivity contribution in [1.29, 1.82) is 0 Å². The first kappa shape index (κ1) is 19.1. The van der Waals surface area contributed by atoms with Crippen molar-refractivity contribution in [2.45, 2.75) is 13.0 Å². The largest absolute Gasteiger partial charge is 0.460 e. The standard InChI is InChI=1S/C20H22N2O4S/c1-13-17(19(23)26-12-11-25-3)18(21-20(24)22(13)2)16-10-9-15(27-16)14-7-5-4-6-8-14/h4-10,18H,11-12H2,1-3H3,(H,21,24)/t18-/m1/s1. The number of carbonyl (C=O) groups excluding carboxylic acids is 2. The molecule has 0 unspecified atom stereocenters. The summed E-state index contributed by atoms with van der Waals surface area (Å²) in [5, 5.41) is 2.91. The number of hydrogen-bond acceptors (Lipinski definition) is 5. The molecule has 2 amide bonds. The molecule has 2 heterocycles. The van der Waals surface area contributed by atoms with E-state index in [9.17, 15) is 9.59 Å². The smallest absolute Gasteiger partial charge is 0.338 e. The minimum Gasteiger partial charge on any atom is -0.460 e. The Kier molecular flexibility index (Phi) is 5.93. The fourth-order valence-corrected chi connectivity index (χ4v) is 3.95. The van der Waals surface area contributed by atoms with Crippen LogP contribution >= 0.6 is 11.3 Å². The summed E-state index contributed by atoms with van der Waals surface area (Å²) in [6, 6.07) is 13.2. The topological polar surface area (TPSA) is 67.9 Å². The second-order valence-electron chi connectivity index (χ2n) is 6.14. The van der Waals surface area contributed by atoms with E-state index in [4.69, 9.17) is 9.47 Å². The van der Waals surface area contributed by atoms with E-state index in [2.05, 4.69) is 5.32 Å². The molecule has 142 valence electrons. The SMILES string of the molecule is COCCOC(=O)C1=C(C)N(C)C(=O)N[C@@H]1c1ccc(-c2ccccc2)s1. The molecule has 27 heavy (non-hydrogen) atoms. The van der Waals surface area contributed by atoms with Gasteiger partial charge in [0, 0.05) is 29.6 Å². The highest BCUT2D eigenvalue weighted by Crippen LogP contribution is 2.37. The zero-order chi connectivity index (χ0) is 19.4. The van der Waals surface area contributed by atoms with E-state index in [1.807, 2.05) is 42.5 Å². The number of nitrogens with zero attached hydrogens (tertiary/aromatic N) is 1. The van der Waals surface area contributed by atoms with Crippen molar-refractivity contribution < 1.29 is 19.1 Å². The molecule has 1 aromatic carbocycles. The number of esters is 1. The van der Waals surface area contributed by atoms with Gasteiger partial charge in [-0.15, -0.1) is 11.3 Å². The summed E-state index contributed by atoms with van der Waals surface area (Å²) in [6.45, 7) is 2.24. The molecule has 1 aromatic heterocycles. The number of hydrogen-bond donors (Lipinski definition) is 1. The quantitative estimate of drug-likeness (QED) is 0.609. The first-order valence-electron chi connectivity index (χ1n) is 8.59. The van der Waals surface area contributed by atoms with Gasteiger partial charge in [0.2, 0.25) is 0 Å². The third kappa shape index (κ3) is 4.04. The summed E-state index contributed by atoms with van der Waals surface area (Å²) >= 11 is 1.55. The zero-order valence-corrected chi connectivity index (χ0v) is 16.3. The maximum atomic E-state index is 12.7. The highest BCUT2D eigenvalue weighted by molar-refractivity contribution is 7.15. The normalized spacial score (nSPS) is 17.1. The number of ether oxygens (including phenoxy) is 2. The second-order valence-corrected chi connectivity index (χ2v) is 7.25. The Balaban J connectivity index is 1.93. The molecule has 0 aliphatic carbocycles. The van der Waals surface area contributed by atoms with Gasteiger partial charge in [-0.05, 0) is 24.6 Å². The molecule has 0 radical (unpaired) electrons. The fraction of sp³-hybridized carbons (Fsp3) is 0.300. The van der Waals surface area contributed by atoms with Crippen LogP contribution in [0.5, 0.6) is 0 Å². The third-order valence-corrected chi connectivity index (χ3v) is 5.66. The van der Waals surface area contributed by atoms with Gasteiger partial charge in [-0.2, -0.15) is 0 Å². The van der Waals surface area contributed by atoms with Gasteiger partial charge in [0.05, 0.1) is 18.2 Å². The highest BCUT2D eigenvalue weighted by Gasteiger charge is 2.35. The van der Waals surface area contributed by atoms with Gasteiger partial charge in [0.15, 0.2) is 0 Å². The van der Waals surface area contributed by atoms with Crippen LogP contribution in [0.4, 0.5) is 4.79 Å². The second kappa shape index (κ2) is 8.37. The molecule has 1 aliphatic heterocycles. The van der Waals surface area contributed by atoms with Gasteiger partial charge in [-0.1, -0.05) is 30.3 Å². The molecule has 1 aliphatic rings. The molecule has 0 fully saturated rings. The molecular weight excluding hydrogens is 364 g/mol. The average Bonchev–Trinajstić information content (AvgIpc) is 3.16. The Hall–Kier alpha value is -2.64. The average molecular weight is 386 g/mol. The van der Waals surface area contributed by atoms with Gasteiger partial charge >= 0.3 is 12.0 Å². The molecule has 0 spiro atoms. The Morgan fingerprint density at radius 2 is 1.93 bits per heavy atom. The van der Waals surface area contributed by atoms with Crippen molar-refractivity contribution in [3.05, 3.63) is 58.6 Å². The van der Waals surface area contributed by atoms with E-state index < -0.39 is 12.0 Å². The minimum absolute atomic E-state index is 0.163. The number of urea groups is 1. The van der Waals surface area contributed by atoms with E-state index in [-0.39, 0.29) is 12.6 Å². The predicted molar refractivity (Wildman–Crippen MR) is 104 cm³/mol. The number of methoxy groups -OCH3 is 1. The molecule has 6 nitrogen and oxygen atoms in total. The van der Waals surface area contributed by atoms with Crippen LogP contribution in [0.3, 0.4) is 0 Å². The van der Waals surface area contributed by atoms with E-state index in [1.165, 1.54) is 4.90 Å². The van der Waals surface area contributed by atoms with Crippen LogP contribution < -0.4 is 5.32 Å². The maximum Gasteiger partial charge on any atom is 0.338 e. The summed E-state index contributed by atoms with van der Waals surface area (Å²) in [4.78, 5) is 28.4. The molecule has 1 atom stereocenters. The van der Waals surface area contributed by atoms with Crippen molar-refractivity contribution in [3.8, 4) is 10.4 Å². The van der Waals surface area contributed by atoms with Gasteiger partial charge < -0.3 is 19.7 Å². The van der Waals surface area contributed by atoms with Crippen molar-refractivity contribution >= 4 is 23.3 Å². The summed E-state index contributed by atoms with van der Waals surface area (Å²) in [7, 11) is 3.18. The Morgan fingerprint density at radius 3 is 2.63 bits per heavy atom. The number of nitrogens with one attached hydrogen (secondary N) is 1.